The third kappa shape index (κ3) is 2.29. The molecule has 0 radical (unpaired) electrons. The minimum atomic E-state index is 0.501. The molecule has 1 fully saturated rings. The van der Waals surface area contributed by atoms with Crippen LogP contribution >= 0.6 is 0 Å². The van der Waals surface area contributed by atoms with Crippen LogP contribution in [-0.4, -0.2) is 29.2 Å². The second-order valence-electron chi connectivity index (χ2n) is 4.97. The molecule has 1 heterocycles. The van der Waals surface area contributed by atoms with E-state index < -0.39 is 0 Å². The number of hydrogen-bond donors (Lipinski definition) is 1. The predicted molar refractivity (Wildman–Crippen MR) is 75.1 cm³/mol. The minimum Gasteiger partial charge on any atom is -0.497 e. The van der Waals surface area contributed by atoms with Gasteiger partial charge in [-0.3, -0.25) is 0 Å². The number of anilines is 1. The molecule has 0 aliphatic heterocycles. The van der Waals surface area contributed by atoms with Crippen LogP contribution in [0.25, 0.3) is 0 Å². The first-order valence-corrected chi connectivity index (χ1v) is 6.62. The molecule has 1 saturated carbocycles. The van der Waals surface area contributed by atoms with E-state index in [-0.39, 0.29) is 0 Å². The molecular formula is C14H18N4O2. The topological polar surface area (TPSA) is 75.2 Å². The Morgan fingerprint density at radius 3 is 2.75 bits per heavy atom. The van der Waals surface area contributed by atoms with Crippen LogP contribution in [0.15, 0.2) is 18.2 Å². The molecule has 0 amide bonds. The molecule has 6 nitrogen and oxygen atoms in total. The number of methoxy groups -OCH3 is 2. The van der Waals surface area contributed by atoms with Gasteiger partial charge in [-0.25, -0.2) is 4.68 Å². The van der Waals surface area contributed by atoms with E-state index in [0.717, 1.165) is 35.6 Å². The first-order valence-electron chi connectivity index (χ1n) is 6.62. The smallest absolute Gasteiger partial charge is 0.169 e. The van der Waals surface area contributed by atoms with E-state index in [0.29, 0.717) is 18.3 Å². The van der Waals surface area contributed by atoms with Crippen molar-refractivity contribution in [3.63, 3.8) is 0 Å². The Morgan fingerprint density at radius 1 is 1.30 bits per heavy atom. The van der Waals surface area contributed by atoms with Crippen molar-refractivity contribution < 1.29 is 9.47 Å². The highest BCUT2D eigenvalue weighted by Gasteiger charge is 2.30. The Labute approximate surface area is 117 Å². The van der Waals surface area contributed by atoms with E-state index in [1.165, 1.54) is 0 Å². The van der Waals surface area contributed by atoms with E-state index in [1.807, 2.05) is 22.9 Å². The van der Waals surface area contributed by atoms with Crippen molar-refractivity contribution in [3.8, 4) is 11.5 Å². The van der Waals surface area contributed by atoms with Crippen LogP contribution < -0.4 is 15.2 Å². The third-order valence-corrected chi connectivity index (χ3v) is 3.57. The fourth-order valence-corrected chi connectivity index (χ4v) is 2.39. The normalized spacial score (nSPS) is 14.3. The summed E-state index contributed by atoms with van der Waals surface area (Å²) in [6.45, 7) is 0.580. The van der Waals surface area contributed by atoms with Crippen LogP contribution in [0.3, 0.4) is 0 Å². The van der Waals surface area contributed by atoms with Crippen molar-refractivity contribution in [3.05, 3.63) is 29.5 Å². The van der Waals surface area contributed by atoms with Gasteiger partial charge in [-0.15, -0.1) is 5.10 Å². The number of nitrogens with zero attached hydrogens (tertiary/aromatic N) is 3. The highest BCUT2D eigenvalue weighted by molar-refractivity contribution is 5.42. The zero-order valence-electron chi connectivity index (χ0n) is 11.7. The van der Waals surface area contributed by atoms with Crippen LogP contribution in [0.1, 0.15) is 30.0 Å². The Bertz CT molecular complexity index is 620. The standard InChI is InChI=1S/C14H18N4O2/c1-19-11-5-6-12(20-2)10(7-11)8-18-13(9-3-4-9)14(15)16-17-18/h5-7,9H,3-4,8,15H2,1-2H3. The summed E-state index contributed by atoms with van der Waals surface area (Å²) in [5.41, 5.74) is 7.95. The van der Waals surface area contributed by atoms with Crippen molar-refractivity contribution in [1.82, 2.24) is 15.0 Å². The largest absolute Gasteiger partial charge is 0.497 e. The molecule has 0 unspecified atom stereocenters. The molecule has 0 spiro atoms. The number of ether oxygens (including phenoxy) is 2. The molecule has 0 bridgehead atoms. The Hall–Kier alpha value is -2.24. The maximum atomic E-state index is 5.91. The zero-order valence-corrected chi connectivity index (χ0v) is 11.7. The van der Waals surface area contributed by atoms with Gasteiger partial charge in [0.1, 0.15) is 11.5 Å². The average Bonchev–Trinajstić information content (AvgIpc) is 3.23. The molecule has 0 atom stereocenters. The van der Waals surface area contributed by atoms with Gasteiger partial charge >= 0.3 is 0 Å². The van der Waals surface area contributed by atoms with Crippen molar-refractivity contribution in [2.45, 2.75) is 25.3 Å². The first-order chi connectivity index (χ1) is 9.72. The van der Waals surface area contributed by atoms with Gasteiger partial charge in [0.15, 0.2) is 5.82 Å². The highest BCUT2D eigenvalue weighted by Crippen LogP contribution is 2.42. The lowest BCUT2D eigenvalue weighted by Gasteiger charge is -2.12. The third-order valence-electron chi connectivity index (χ3n) is 3.57. The number of rotatable bonds is 5. The summed E-state index contributed by atoms with van der Waals surface area (Å²) >= 11 is 0. The van der Waals surface area contributed by atoms with E-state index in [9.17, 15) is 0 Å². The van der Waals surface area contributed by atoms with Crippen LogP contribution in [0.4, 0.5) is 5.82 Å². The fourth-order valence-electron chi connectivity index (χ4n) is 2.39. The second-order valence-corrected chi connectivity index (χ2v) is 4.97. The zero-order chi connectivity index (χ0) is 14.1. The minimum absolute atomic E-state index is 0.501. The quantitative estimate of drug-likeness (QED) is 0.899. The number of hydrogen-bond acceptors (Lipinski definition) is 5. The van der Waals surface area contributed by atoms with Gasteiger partial charge in [-0.2, -0.15) is 0 Å². The van der Waals surface area contributed by atoms with Gasteiger partial charge in [0, 0.05) is 11.5 Å². The maximum Gasteiger partial charge on any atom is 0.169 e. The molecule has 1 aliphatic carbocycles. The Morgan fingerprint density at radius 2 is 2.10 bits per heavy atom. The van der Waals surface area contributed by atoms with Crippen LogP contribution in [0, 0.1) is 0 Å². The molecule has 2 N–H and O–H groups in total. The van der Waals surface area contributed by atoms with E-state index in [4.69, 9.17) is 15.2 Å². The van der Waals surface area contributed by atoms with Crippen LogP contribution in [0.5, 0.6) is 11.5 Å². The molecule has 0 saturated heterocycles. The lowest BCUT2D eigenvalue weighted by Crippen LogP contribution is -2.08. The molecule has 3 rings (SSSR count). The Balaban J connectivity index is 1.94. The lowest BCUT2D eigenvalue weighted by molar-refractivity contribution is 0.396. The van der Waals surface area contributed by atoms with Gasteiger partial charge in [-0.1, -0.05) is 5.21 Å². The summed E-state index contributed by atoms with van der Waals surface area (Å²) in [6, 6.07) is 5.72. The van der Waals surface area contributed by atoms with Crippen LogP contribution in [-0.2, 0) is 6.54 Å². The molecule has 1 aromatic heterocycles. The average molecular weight is 274 g/mol. The molecular weight excluding hydrogens is 256 g/mol. The molecule has 1 aliphatic rings. The number of nitrogen functional groups attached to an aromatic ring is 1. The van der Waals surface area contributed by atoms with Crippen molar-refractivity contribution in [2.24, 2.45) is 0 Å². The molecule has 1 aromatic carbocycles. The monoisotopic (exact) mass is 274 g/mol. The number of nitrogens with two attached hydrogens (primary N) is 1. The fraction of sp³-hybridized carbons (Fsp3) is 0.429. The van der Waals surface area contributed by atoms with Gasteiger partial charge < -0.3 is 15.2 Å². The molecule has 106 valence electrons. The Kier molecular flexibility index (Phi) is 3.22. The van der Waals surface area contributed by atoms with Gasteiger partial charge in [0.2, 0.25) is 0 Å². The SMILES string of the molecule is COc1ccc(OC)c(Cn2nnc(N)c2C2CC2)c1. The summed E-state index contributed by atoms with van der Waals surface area (Å²) < 4.78 is 12.5. The van der Waals surface area contributed by atoms with E-state index in [1.54, 1.807) is 14.2 Å². The van der Waals surface area contributed by atoms with Crippen molar-refractivity contribution in [2.75, 3.05) is 20.0 Å². The van der Waals surface area contributed by atoms with Crippen molar-refractivity contribution >= 4 is 5.82 Å². The van der Waals surface area contributed by atoms with Gasteiger partial charge in [-0.05, 0) is 31.0 Å². The van der Waals surface area contributed by atoms with Gasteiger partial charge in [0.05, 0.1) is 26.5 Å². The highest BCUT2D eigenvalue weighted by atomic mass is 16.5. The first kappa shape index (κ1) is 12.8. The summed E-state index contributed by atoms with van der Waals surface area (Å²) in [4.78, 5) is 0. The predicted octanol–water partition coefficient (Wildman–Crippen LogP) is 1.80. The maximum absolute atomic E-state index is 5.91. The molecule has 2 aromatic rings. The second kappa shape index (κ2) is 5.03. The number of aromatic nitrogens is 3. The summed E-state index contributed by atoms with van der Waals surface area (Å²) in [5, 5.41) is 8.14. The van der Waals surface area contributed by atoms with Crippen LogP contribution in [0.2, 0.25) is 0 Å². The van der Waals surface area contributed by atoms with E-state index >= 15 is 0 Å². The summed E-state index contributed by atoms with van der Waals surface area (Å²) in [6.07, 6.45) is 2.32. The summed E-state index contributed by atoms with van der Waals surface area (Å²) in [7, 11) is 3.30. The van der Waals surface area contributed by atoms with Crippen molar-refractivity contribution in [1.29, 1.82) is 0 Å². The van der Waals surface area contributed by atoms with E-state index in [2.05, 4.69) is 10.3 Å². The lowest BCUT2D eigenvalue weighted by atomic mass is 10.1. The molecule has 6 heteroatoms. The molecule has 20 heavy (non-hydrogen) atoms. The number of benzene rings is 1. The summed E-state index contributed by atoms with van der Waals surface area (Å²) in [5.74, 6) is 2.64. The van der Waals surface area contributed by atoms with Gasteiger partial charge in [0.25, 0.3) is 0 Å².